The molecule has 0 aliphatic heterocycles. The topological polar surface area (TPSA) is 68.0 Å². The Hall–Kier alpha value is -1.24. The number of nitrogens with zero attached hydrogens (tertiary/aromatic N) is 1. The van der Waals surface area contributed by atoms with Crippen LogP contribution in [0, 0.1) is 0 Å². The first-order valence-corrected chi connectivity index (χ1v) is 7.55. The molecule has 1 aliphatic rings. The Bertz CT molecular complexity index is 545. The van der Waals surface area contributed by atoms with Gasteiger partial charge in [0.15, 0.2) is 5.13 Å². The van der Waals surface area contributed by atoms with Gasteiger partial charge in [0.05, 0.1) is 5.69 Å². The van der Waals surface area contributed by atoms with Crippen LogP contribution in [-0.4, -0.2) is 10.9 Å². The van der Waals surface area contributed by atoms with Crippen molar-refractivity contribution in [2.24, 2.45) is 5.73 Å². The molecule has 3 rings (SSSR count). The summed E-state index contributed by atoms with van der Waals surface area (Å²) in [5.74, 6) is 0.409. The fraction of sp³-hybridized carbons (Fsp3) is 0.333. The van der Waals surface area contributed by atoms with Crippen LogP contribution >= 0.6 is 22.7 Å². The van der Waals surface area contributed by atoms with Gasteiger partial charge in [-0.1, -0.05) is 6.07 Å². The zero-order valence-electron chi connectivity index (χ0n) is 9.63. The molecule has 0 bridgehead atoms. The number of carbonyl (C=O) groups is 1. The molecule has 1 atom stereocenters. The minimum Gasteiger partial charge on any atom is -0.316 e. The second-order valence-corrected chi connectivity index (χ2v) is 6.17. The van der Waals surface area contributed by atoms with Crippen molar-refractivity contribution in [1.29, 1.82) is 0 Å². The molecule has 1 fully saturated rings. The average Bonchev–Trinajstić information content (AvgIpc) is 2.91. The van der Waals surface area contributed by atoms with Gasteiger partial charge in [0, 0.05) is 16.2 Å². The molecule has 6 heteroatoms. The van der Waals surface area contributed by atoms with Crippen molar-refractivity contribution < 1.29 is 4.79 Å². The molecular formula is C12H13N3OS2. The molecule has 2 aromatic heterocycles. The van der Waals surface area contributed by atoms with E-state index in [2.05, 4.69) is 10.3 Å². The minimum absolute atomic E-state index is 0.200. The molecule has 1 aliphatic carbocycles. The van der Waals surface area contributed by atoms with Crippen LogP contribution in [-0.2, 0) is 4.79 Å². The highest BCUT2D eigenvalue weighted by atomic mass is 32.1. The molecule has 4 nitrogen and oxygen atoms in total. The Kier molecular flexibility index (Phi) is 3.15. The van der Waals surface area contributed by atoms with Gasteiger partial charge in [0.1, 0.15) is 6.04 Å². The first-order chi connectivity index (χ1) is 8.74. The van der Waals surface area contributed by atoms with Crippen LogP contribution in [0.15, 0.2) is 22.9 Å². The van der Waals surface area contributed by atoms with E-state index in [1.165, 1.54) is 35.5 Å². The van der Waals surface area contributed by atoms with Crippen LogP contribution < -0.4 is 11.1 Å². The summed E-state index contributed by atoms with van der Waals surface area (Å²) in [5.41, 5.74) is 6.98. The SMILES string of the molecule is NC(C(=O)Nc1nc(C2CC2)cs1)c1cccs1. The van der Waals surface area contributed by atoms with Crippen LogP contribution in [0.25, 0.3) is 0 Å². The number of hydrogen-bond acceptors (Lipinski definition) is 5. The first kappa shape index (κ1) is 11.8. The summed E-state index contributed by atoms with van der Waals surface area (Å²) in [7, 11) is 0. The van der Waals surface area contributed by atoms with E-state index in [1.807, 2.05) is 22.9 Å². The lowest BCUT2D eigenvalue weighted by Gasteiger charge is -2.08. The number of anilines is 1. The molecule has 1 unspecified atom stereocenters. The lowest BCUT2D eigenvalue weighted by Crippen LogP contribution is -2.26. The fourth-order valence-corrected chi connectivity index (χ4v) is 3.21. The fourth-order valence-electron chi connectivity index (χ4n) is 1.69. The second kappa shape index (κ2) is 4.79. The molecule has 1 amide bonds. The molecule has 1 saturated carbocycles. The van der Waals surface area contributed by atoms with E-state index in [4.69, 9.17) is 5.73 Å². The second-order valence-electron chi connectivity index (χ2n) is 4.33. The number of amides is 1. The molecule has 2 heterocycles. The number of nitrogens with two attached hydrogens (primary N) is 1. The number of thiazole rings is 1. The van der Waals surface area contributed by atoms with Crippen LogP contribution in [0.5, 0.6) is 0 Å². The van der Waals surface area contributed by atoms with E-state index in [0.717, 1.165) is 10.6 Å². The Labute approximate surface area is 113 Å². The smallest absolute Gasteiger partial charge is 0.248 e. The zero-order chi connectivity index (χ0) is 12.5. The zero-order valence-corrected chi connectivity index (χ0v) is 11.3. The van der Waals surface area contributed by atoms with Gasteiger partial charge in [-0.2, -0.15) is 0 Å². The van der Waals surface area contributed by atoms with Gasteiger partial charge in [-0.15, -0.1) is 22.7 Å². The summed E-state index contributed by atoms with van der Waals surface area (Å²) in [5, 5.41) is 7.36. The Morgan fingerprint density at radius 3 is 3.00 bits per heavy atom. The highest BCUT2D eigenvalue weighted by Crippen LogP contribution is 2.40. The summed E-state index contributed by atoms with van der Waals surface area (Å²) in [4.78, 5) is 17.2. The van der Waals surface area contributed by atoms with Gasteiger partial charge in [-0.25, -0.2) is 4.98 Å². The predicted molar refractivity (Wildman–Crippen MR) is 74.0 cm³/mol. The number of nitrogens with one attached hydrogen (secondary N) is 1. The molecule has 3 N–H and O–H groups in total. The Morgan fingerprint density at radius 2 is 2.33 bits per heavy atom. The van der Waals surface area contributed by atoms with Gasteiger partial charge >= 0.3 is 0 Å². The predicted octanol–water partition coefficient (Wildman–Crippen LogP) is 2.72. The molecule has 2 aromatic rings. The van der Waals surface area contributed by atoms with E-state index in [0.29, 0.717) is 11.0 Å². The maximum atomic E-state index is 11.9. The number of aromatic nitrogens is 1. The normalized spacial score (nSPS) is 16.5. The third-order valence-electron chi connectivity index (χ3n) is 2.88. The van der Waals surface area contributed by atoms with Gasteiger partial charge in [-0.3, -0.25) is 4.79 Å². The van der Waals surface area contributed by atoms with Gasteiger partial charge in [0.25, 0.3) is 0 Å². The van der Waals surface area contributed by atoms with E-state index >= 15 is 0 Å². The number of rotatable bonds is 4. The summed E-state index contributed by atoms with van der Waals surface area (Å²) in [6.45, 7) is 0. The van der Waals surface area contributed by atoms with Crippen molar-refractivity contribution in [1.82, 2.24) is 4.98 Å². The Morgan fingerprint density at radius 1 is 1.50 bits per heavy atom. The van der Waals surface area contributed by atoms with E-state index in [1.54, 1.807) is 0 Å². The quantitative estimate of drug-likeness (QED) is 0.904. The van der Waals surface area contributed by atoms with Crippen LogP contribution in [0.2, 0.25) is 0 Å². The molecule has 0 aromatic carbocycles. The highest BCUT2D eigenvalue weighted by molar-refractivity contribution is 7.14. The van der Waals surface area contributed by atoms with Crippen LogP contribution in [0.3, 0.4) is 0 Å². The molecule has 18 heavy (non-hydrogen) atoms. The van der Waals surface area contributed by atoms with E-state index < -0.39 is 6.04 Å². The number of carbonyl (C=O) groups excluding carboxylic acids is 1. The summed E-state index contributed by atoms with van der Waals surface area (Å²) < 4.78 is 0. The summed E-state index contributed by atoms with van der Waals surface area (Å²) >= 11 is 2.95. The third-order valence-corrected chi connectivity index (χ3v) is 4.61. The van der Waals surface area contributed by atoms with Crippen molar-refractivity contribution in [2.45, 2.75) is 24.8 Å². The van der Waals surface area contributed by atoms with Crippen molar-refractivity contribution >= 4 is 33.7 Å². The van der Waals surface area contributed by atoms with Crippen LogP contribution in [0.4, 0.5) is 5.13 Å². The maximum Gasteiger partial charge on any atom is 0.248 e. The monoisotopic (exact) mass is 279 g/mol. The van der Waals surface area contributed by atoms with Crippen molar-refractivity contribution in [3.8, 4) is 0 Å². The van der Waals surface area contributed by atoms with Crippen molar-refractivity contribution in [3.05, 3.63) is 33.5 Å². The van der Waals surface area contributed by atoms with Gasteiger partial charge < -0.3 is 11.1 Å². The summed E-state index contributed by atoms with van der Waals surface area (Å²) in [6, 6.07) is 3.15. The Balaban J connectivity index is 1.66. The molecule has 0 spiro atoms. The molecule has 94 valence electrons. The third kappa shape index (κ3) is 2.45. The van der Waals surface area contributed by atoms with Gasteiger partial charge in [-0.05, 0) is 24.3 Å². The van der Waals surface area contributed by atoms with E-state index in [-0.39, 0.29) is 5.91 Å². The van der Waals surface area contributed by atoms with Crippen molar-refractivity contribution in [3.63, 3.8) is 0 Å². The van der Waals surface area contributed by atoms with Gasteiger partial charge in [0.2, 0.25) is 5.91 Å². The first-order valence-electron chi connectivity index (χ1n) is 5.79. The highest BCUT2D eigenvalue weighted by Gasteiger charge is 2.26. The van der Waals surface area contributed by atoms with E-state index in [9.17, 15) is 4.79 Å². The van der Waals surface area contributed by atoms with Crippen LogP contribution in [0.1, 0.15) is 35.4 Å². The average molecular weight is 279 g/mol. The summed E-state index contributed by atoms with van der Waals surface area (Å²) in [6.07, 6.45) is 2.43. The standard InChI is InChI=1S/C12H13N3OS2/c13-10(9-2-1-5-17-9)11(16)15-12-14-8(6-18-12)7-3-4-7/h1-2,5-7,10H,3-4,13H2,(H,14,15,16). The number of thiophene rings is 1. The molecular weight excluding hydrogens is 266 g/mol. The minimum atomic E-state index is -0.613. The molecule has 0 radical (unpaired) electrons. The lowest BCUT2D eigenvalue weighted by molar-refractivity contribution is -0.117. The number of hydrogen-bond donors (Lipinski definition) is 2. The lowest BCUT2D eigenvalue weighted by atomic mass is 10.2. The molecule has 0 saturated heterocycles. The van der Waals surface area contributed by atoms with Crippen molar-refractivity contribution in [2.75, 3.05) is 5.32 Å². The maximum absolute atomic E-state index is 11.9. The largest absolute Gasteiger partial charge is 0.316 e.